The van der Waals surface area contributed by atoms with Crippen molar-refractivity contribution in [3.8, 4) is 0 Å². The lowest BCUT2D eigenvalue weighted by Crippen LogP contribution is -2.35. The highest BCUT2D eigenvalue weighted by Gasteiger charge is 2.33. The Kier molecular flexibility index (Phi) is 3.36. The van der Waals surface area contributed by atoms with Crippen LogP contribution in [0.4, 0.5) is 0 Å². The fourth-order valence-electron chi connectivity index (χ4n) is 1.000. The molecule has 0 saturated carbocycles. The molecule has 0 atom stereocenters. The molecule has 62 valence electrons. The maximum atomic E-state index is 2.48. The first-order chi connectivity index (χ1) is 4.31. The summed E-state index contributed by atoms with van der Waals surface area (Å²) < 4.78 is 0. The van der Waals surface area contributed by atoms with E-state index in [1.165, 1.54) is 6.04 Å². The summed E-state index contributed by atoms with van der Waals surface area (Å²) in [7, 11) is -0.606. The lowest BCUT2D eigenvalue weighted by atomic mass is 10.2. The second-order valence-corrected chi connectivity index (χ2v) is 12.2. The van der Waals surface area contributed by atoms with Gasteiger partial charge in [0.1, 0.15) is 0 Å². The van der Waals surface area contributed by atoms with Crippen LogP contribution < -0.4 is 0 Å². The highest BCUT2D eigenvalue weighted by Crippen LogP contribution is 2.40. The molecular formula is C8H22Si2. The van der Waals surface area contributed by atoms with Crippen molar-refractivity contribution in [2.75, 3.05) is 0 Å². The second kappa shape index (κ2) is 3.22. The molecule has 0 saturated heterocycles. The standard InChI is InChI=1S/C8H22Si2/c1-8(2,7-9-3)10(4,5)6/h7,9H2,1-6H3. The highest BCUT2D eigenvalue weighted by molar-refractivity contribution is 6.79. The van der Waals surface area contributed by atoms with E-state index in [4.69, 9.17) is 0 Å². The van der Waals surface area contributed by atoms with Crippen LogP contribution in [0.5, 0.6) is 0 Å². The Labute approximate surface area is 69.2 Å². The van der Waals surface area contributed by atoms with Crippen molar-refractivity contribution in [1.29, 1.82) is 0 Å². The van der Waals surface area contributed by atoms with E-state index < -0.39 is 8.07 Å². The predicted octanol–water partition coefficient (Wildman–Crippen LogP) is 2.74. The van der Waals surface area contributed by atoms with Crippen molar-refractivity contribution in [2.24, 2.45) is 0 Å². The summed E-state index contributed by atoms with van der Waals surface area (Å²) in [5.74, 6) is 0. The lowest BCUT2D eigenvalue weighted by molar-refractivity contribution is 0.719. The van der Waals surface area contributed by atoms with Gasteiger partial charge < -0.3 is 0 Å². The molecule has 0 fully saturated rings. The number of rotatable bonds is 3. The molecule has 0 bridgehead atoms. The molecule has 0 heterocycles. The summed E-state index contributed by atoms with van der Waals surface area (Å²) in [4.78, 5) is 0. The molecule has 0 aromatic carbocycles. The van der Waals surface area contributed by atoms with Gasteiger partial charge in [0.15, 0.2) is 0 Å². The van der Waals surface area contributed by atoms with Crippen molar-refractivity contribution in [1.82, 2.24) is 0 Å². The summed E-state index contributed by atoms with van der Waals surface area (Å²) >= 11 is 0. The molecule has 0 nitrogen and oxygen atoms in total. The summed E-state index contributed by atoms with van der Waals surface area (Å²) in [5, 5.41) is 0.688. The van der Waals surface area contributed by atoms with Crippen LogP contribution in [0, 0.1) is 0 Å². The molecule has 0 aliphatic rings. The molecule has 0 N–H and O–H groups in total. The summed E-state index contributed by atoms with van der Waals surface area (Å²) in [6, 6.07) is 1.53. The number of hydrogen-bond acceptors (Lipinski definition) is 0. The Morgan fingerprint density at radius 3 is 1.70 bits per heavy atom. The molecule has 0 amide bonds. The predicted molar refractivity (Wildman–Crippen MR) is 56.6 cm³/mol. The fourth-order valence-corrected chi connectivity index (χ4v) is 6.00. The van der Waals surface area contributed by atoms with Gasteiger partial charge >= 0.3 is 0 Å². The third-order valence-electron chi connectivity index (χ3n) is 2.91. The third kappa shape index (κ3) is 2.58. The number of hydrogen-bond donors (Lipinski definition) is 0. The Morgan fingerprint density at radius 1 is 1.20 bits per heavy atom. The molecule has 0 aromatic rings. The van der Waals surface area contributed by atoms with Crippen LogP contribution in [-0.4, -0.2) is 17.6 Å². The first kappa shape index (κ1) is 10.4. The van der Waals surface area contributed by atoms with Crippen LogP contribution in [0.15, 0.2) is 0 Å². The largest absolute Gasteiger partial charge is 0.0748 e. The first-order valence-corrected chi connectivity index (χ1v) is 10.2. The van der Waals surface area contributed by atoms with Gasteiger partial charge in [-0.25, -0.2) is 0 Å². The lowest BCUT2D eigenvalue weighted by Gasteiger charge is -2.37. The molecule has 0 rings (SSSR count). The van der Waals surface area contributed by atoms with Gasteiger partial charge in [0, 0.05) is 17.6 Å². The van der Waals surface area contributed by atoms with E-state index in [2.05, 4.69) is 40.0 Å². The zero-order valence-corrected chi connectivity index (χ0v) is 10.8. The van der Waals surface area contributed by atoms with Crippen LogP contribution >= 0.6 is 0 Å². The maximum Gasteiger partial charge on any atom is 0.0496 e. The third-order valence-corrected chi connectivity index (χ3v) is 9.47. The van der Waals surface area contributed by atoms with Crippen molar-refractivity contribution in [2.45, 2.75) is 51.1 Å². The topological polar surface area (TPSA) is 0 Å². The molecule has 0 radical (unpaired) electrons. The average molecular weight is 174 g/mol. The van der Waals surface area contributed by atoms with Gasteiger partial charge in [-0.1, -0.05) is 46.1 Å². The average Bonchev–Trinajstić information content (AvgIpc) is 1.61. The molecule has 0 aliphatic carbocycles. The van der Waals surface area contributed by atoms with Gasteiger partial charge in [0.05, 0.1) is 0 Å². The molecule has 0 aliphatic heterocycles. The highest BCUT2D eigenvalue weighted by atomic mass is 28.3. The summed E-state index contributed by atoms with van der Waals surface area (Å²) in [5.41, 5.74) is 0. The normalized spacial score (nSPS) is 15.0. The van der Waals surface area contributed by atoms with Gasteiger partial charge in [-0.15, -0.1) is 0 Å². The minimum atomic E-state index is -0.871. The van der Waals surface area contributed by atoms with E-state index in [1.54, 1.807) is 0 Å². The van der Waals surface area contributed by atoms with Crippen LogP contribution in [-0.2, 0) is 0 Å². The summed E-state index contributed by atoms with van der Waals surface area (Å²) in [6.45, 7) is 14.8. The first-order valence-electron chi connectivity index (χ1n) is 4.31. The Hall–Kier alpha value is 0.434. The van der Waals surface area contributed by atoms with Crippen molar-refractivity contribution in [3.63, 3.8) is 0 Å². The maximum absolute atomic E-state index is 2.48. The van der Waals surface area contributed by atoms with E-state index in [0.717, 1.165) is 0 Å². The van der Waals surface area contributed by atoms with Crippen molar-refractivity contribution in [3.05, 3.63) is 0 Å². The van der Waals surface area contributed by atoms with E-state index in [1.807, 2.05) is 0 Å². The van der Waals surface area contributed by atoms with Gasteiger partial charge in [-0.2, -0.15) is 0 Å². The van der Waals surface area contributed by atoms with Crippen LogP contribution in [0.25, 0.3) is 0 Å². The van der Waals surface area contributed by atoms with Crippen molar-refractivity contribution < 1.29 is 0 Å². The van der Waals surface area contributed by atoms with E-state index in [0.29, 0.717) is 5.04 Å². The molecular weight excluding hydrogens is 152 g/mol. The monoisotopic (exact) mass is 174 g/mol. The molecule has 0 spiro atoms. The molecule has 0 aromatic heterocycles. The van der Waals surface area contributed by atoms with E-state index in [9.17, 15) is 0 Å². The van der Waals surface area contributed by atoms with Gasteiger partial charge in [0.25, 0.3) is 0 Å². The molecule has 0 unspecified atom stereocenters. The molecule has 10 heavy (non-hydrogen) atoms. The zero-order chi connectivity index (χ0) is 8.41. The smallest absolute Gasteiger partial charge is 0.0496 e. The van der Waals surface area contributed by atoms with Gasteiger partial charge in [-0.3, -0.25) is 0 Å². The Bertz CT molecular complexity index is 100. The van der Waals surface area contributed by atoms with E-state index in [-0.39, 0.29) is 9.52 Å². The minimum absolute atomic E-state index is 0.265. The Balaban J connectivity index is 4.10. The van der Waals surface area contributed by atoms with E-state index >= 15 is 0 Å². The Morgan fingerprint density at radius 2 is 1.60 bits per heavy atom. The van der Waals surface area contributed by atoms with Crippen molar-refractivity contribution >= 4 is 17.6 Å². The second-order valence-electron chi connectivity index (χ2n) is 4.88. The van der Waals surface area contributed by atoms with Crippen LogP contribution in [0.1, 0.15) is 13.8 Å². The van der Waals surface area contributed by atoms with Gasteiger partial charge in [0.2, 0.25) is 0 Å². The zero-order valence-electron chi connectivity index (χ0n) is 8.41. The van der Waals surface area contributed by atoms with Gasteiger partial charge in [-0.05, 0) is 5.04 Å². The minimum Gasteiger partial charge on any atom is -0.0748 e. The molecule has 2 heteroatoms. The van der Waals surface area contributed by atoms with Crippen LogP contribution in [0.2, 0.25) is 37.3 Å². The SMILES string of the molecule is C[SiH2]CC(C)(C)[Si](C)(C)C. The quantitative estimate of drug-likeness (QED) is 0.577. The fraction of sp³-hybridized carbons (Fsp3) is 1.00. The van der Waals surface area contributed by atoms with Crippen LogP contribution in [0.3, 0.4) is 0 Å². The summed E-state index contributed by atoms with van der Waals surface area (Å²) in [6.07, 6.45) is 0.